The smallest absolute Gasteiger partial charge is 0.410 e. The van der Waals surface area contributed by atoms with E-state index in [2.05, 4.69) is 12.0 Å². The maximum Gasteiger partial charge on any atom is 0.422 e. The van der Waals surface area contributed by atoms with E-state index in [1.807, 2.05) is 19.1 Å². The zero-order valence-electron chi connectivity index (χ0n) is 14.8. The van der Waals surface area contributed by atoms with E-state index in [0.29, 0.717) is 44.5 Å². The first-order valence-corrected chi connectivity index (χ1v) is 8.56. The molecule has 2 heterocycles. The second-order valence-electron chi connectivity index (χ2n) is 6.64. The fourth-order valence-electron chi connectivity index (χ4n) is 3.17. The minimum Gasteiger partial charge on any atom is -0.410 e. The van der Waals surface area contributed by atoms with Gasteiger partial charge < -0.3 is 14.4 Å². The van der Waals surface area contributed by atoms with E-state index in [1.54, 1.807) is 17.0 Å². The molecule has 2 aliphatic heterocycles. The monoisotopic (exact) mass is 362 g/mol. The van der Waals surface area contributed by atoms with Crippen LogP contribution < -0.4 is 4.74 Å². The Labute approximate surface area is 151 Å². The van der Waals surface area contributed by atoms with Crippen LogP contribution >= 0.6 is 0 Å². The topological polar surface area (TPSA) is 97.5 Å². The molecule has 0 radical (unpaired) electrons. The van der Waals surface area contributed by atoms with Crippen LogP contribution in [0.5, 0.6) is 5.75 Å². The summed E-state index contributed by atoms with van der Waals surface area (Å²) in [5.74, 6) is 1.06. The molecule has 2 unspecified atom stereocenters. The summed E-state index contributed by atoms with van der Waals surface area (Å²) in [5, 5.41) is 13.6. The van der Waals surface area contributed by atoms with Crippen LogP contribution in [0.25, 0.3) is 0 Å². The number of benzene rings is 1. The summed E-state index contributed by atoms with van der Waals surface area (Å²) >= 11 is 0. The van der Waals surface area contributed by atoms with Gasteiger partial charge in [0.1, 0.15) is 10.9 Å². The number of amides is 1. The van der Waals surface area contributed by atoms with Gasteiger partial charge in [-0.3, -0.25) is 0 Å². The number of para-hydroxylation sites is 1. The van der Waals surface area contributed by atoms with Gasteiger partial charge >= 0.3 is 6.09 Å². The van der Waals surface area contributed by atoms with Crippen molar-refractivity contribution in [3.63, 3.8) is 0 Å². The lowest BCUT2D eigenvalue weighted by atomic mass is 9.98. The van der Waals surface area contributed by atoms with Crippen molar-refractivity contribution in [1.29, 1.82) is 0 Å². The fraction of sp³-hybridized carbons (Fsp3) is 0.529. The van der Waals surface area contributed by atoms with Crippen molar-refractivity contribution in [2.45, 2.75) is 13.8 Å². The molecular weight excluding hydrogens is 340 g/mol. The molecule has 0 spiro atoms. The van der Waals surface area contributed by atoms with Gasteiger partial charge in [0.2, 0.25) is 0 Å². The molecule has 1 aromatic carbocycles. The van der Waals surface area contributed by atoms with E-state index >= 15 is 0 Å². The average Bonchev–Trinajstić information content (AvgIpc) is 3.17. The lowest BCUT2D eigenvalue weighted by Gasteiger charge is -2.23. The Balaban J connectivity index is 1.74. The zero-order valence-corrected chi connectivity index (χ0v) is 14.8. The largest absolute Gasteiger partial charge is 0.422 e. The highest BCUT2D eigenvalue weighted by Crippen LogP contribution is 2.24. The van der Waals surface area contributed by atoms with Gasteiger partial charge in [-0.05, 0) is 24.5 Å². The lowest BCUT2D eigenvalue weighted by Crippen LogP contribution is -2.42. The van der Waals surface area contributed by atoms with Crippen LogP contribution in [-0.4, -0.2) is 59.7 Å². The van der Waals surface area contributed by atoms with Gasteiger partial charge in [0.15, 0.2) is 5.03 Å². The molecule has 1 amide bonds. The zero-order chi connectivity index (χ0) is 18.7. The van der Waals surface area contributed by atoms with Crippen LogP contribution in [0, 0.1) is 28.9 Å². The highest BCUT2D eigenvalue weighted by atomic mass is 16.7. The molecule has 1 aromatic rings. The number of nitrogens with zero attached hydrogens (tertiary/aromatic N) is 4. The van der Waals surface area contributed by atoms with E-state index in [9.17, 15) is 14.9 Å². The Bertz CT molecular complexity index is 723. The summed E-state index contributed by atoms with van der Waals surface area (Å²) in [7, 11) is 0. The average molecular weight is 362 g/mol. The second kappa shape index (κ2) is 7.69. The summed E-state index contributed by atoms with van der Waals surface area (Å²) < 4.78 is 10.9. The number of carbonyl (C=O) groups is 1. The Kier molecular flexibility index (Phi) is 5.36. The molecule has 140 valence electrons. The summed E-state index contributed by atoms with van der Waals surface area (Å²) in [4.78, 5) is 26.5. The normalized spacial score (nSPS) is 24.3. The van der Waals surface area contributed by atoms with Gasteiger partial charge in [0.25, 0.3) is 5.96 Å². The van der Waals surface area contributed by atoms with E-state index in [-0.39, 0.29) is 11.9 Å². The Morgan fingerprint density at radius 3 is 2.81 bits per heavy atom. The van der Waals surface area contributed by atoms with Crippen molar-refractivity contribution in [3.05, 3.63) is 39.9 Å². The molecule has 2 aliphatic rings. The number of ether oxygens (including phenoxy) is 2. The number of nitro groups is 1. The van der Waals surface area contributed by atoms with Gasteiger partial charge in [-0.2, -0.15) is 0 Å². The van der Waals surface area contributed by atoms with Gasteiger partial charge in [0.05, 0.1) is 13.2 Å². The quantitative estimate of drug-likeness (QED) is 0.600. The van der Waals surface area contributed by atoms with Crippen molar-refractivity contribution >= 4 is 12.1 Å². The lowest BCUT2D eigenvalue weighted by molar-refractivity contribution is -0.486. The number of hydrazone groups is 1. The summed E-state index contributed by atoms with van der Waals surface area (Å²) in [6, 6.07) is 7.11. The van der Waals surface area contributed by atoms with Gasteiger partial charge in [-0.25, -0.2) is 19.8 Å². The van der Waals surface area contributed by atoms with Crippen LogP contribution in [0.4, 0.5) is 4.79 Å². The minimum atomic E-state index is -0.781. The van der Waals surface area contributed by atoms with Crippen molar-refractivity contribution in [3.8, 4) is 5.75 Å². The van der Waals surface area contributed by atoms with E-state index in [4.69, 9.17) is 9.47 Å². The molecule has 0 bridgehead atoms. The molecule has 2 atom stereocenters. The number of hydrogen-bond acceptors (Lipinski definition) is 5. The maximum absolute atomic E-state index is 12.6. The molecular formula is C17H22N4O5. The van der Waals surface area contributed by atoms with Crippen molar-refractivity contribution in [2.75, 3.05) is 32.8 Å². The summed E-state index contributed by atoms with van der Waals surface area (Å²) in [5.41, 5.74) is 0.807. The standard InChI is InChI=1S/C17H22N4O5/c1-12-5-3-4-6-15(12)26-17(22)20-8-7-19(16(20)18-21(23)24)9-14-11-25-10-13(14)2/h3-6,13-14H,7-11H2,1-2H3. The number of guanidine groups is 1. The van der Waals surface area contributed by atoms with E-state index in [1.165, 1.54) is 4.90 Å². The predicted molar refractivity (Wildman–Crippen MR) is 93.4 cm³/mol. The summed E-state index contributed by atoms with van der Waals surface area (Å²) in [6.07, 6.45) is -0.668. The Morgan fingerprint density at radius 2 is 2.15 bits per heavy atom. The van der Waals surface area contributed by atoms with Gasteiger partial charge in [-0.15, -0.1) is 0 Å². The molecule has 0 N–H and O–H groups in total. The van der Waals surface area contributed by atoms with Gasteiger partial charge in [0, 0.05) is 25.6 Å². The number of carbonyl (C=O) groups excluding carboxylic acids is 1. The van der Waals surface area contributed by atoms with Gasteiger partial charge in [-0.1, -0.05) is 25.1 Å². The first kappa shape index (κ1) is 18.1. The third kappa shape index (κ3) is 3.93. The first-order valence-electron chi connectivity index (χ1n) is 8.56. The molecule has 9 nitrogen and oxygen atoms in total. The molecule has 2 fully saturated rings. The molecule has 0 aliphatic carbocycles. The number of aryl methyl sites for hydroxylation is 1. The highest BCUT2D eigenvalue weighted by molar-refractivity contribution is 5.96. The Morgan fingerprint density at radius 1 is 1.38 bits per heavy atom. The van der Waals surface area contributed by atoms with Crippen molar-refractivity contribution in [1.82, 2.24) is 9.80 Å². The van der Waals surface area contributed by atoms with Crippen LogP contribution in [0.1, 0.15) is 12.5 Å². The molecule has 3 rings (SSSR count). The maximum atomic E-state index is 12.6. The summed E-state index contributed by atoms with van der Waals surface area (Å²) in [6.45, 7) is 6.52. The predicted octanol–water partition coefficient (Wildman–Crippen LogP) is 1.94. The van der Waals surface area contributed by atoms with Crippen molar-refractivity contribution in [2.24, 2.45) is 16.9 Å². The molecule has 2 saturated heterocycles. The van der Waals surface area contributed by atoms with E-state index in [0.717, 1.165) is 5.56 Å². The Hall–Kier alpha value is -2.68. The number of rotatable bonds is 4. The first-order chi connectivity index (χ1) is 12.5. The third-order valence-electron chi connectivity index (χ3n) is 4.77. The highest BCUT2D eigenvalue weighted by Gasteiger charge is 2.38. The van der Waals surface area contributed by atoms with Crippen molar-refractivity contribution < 1.29 is 19.3 Å². The SMILES string of the molecule is Cc1ccccc1OC(=O)N1CCN(CC2COCC2C)C1=N[N+](=O)[O-]. The van der Waals surface area contributed by atoms with Crippen LogP contribution in [0.15, 0.2) is 29.4 Å². The molecule has 9 heteroatoms. The minimum absolute atomic E-state index is 0.0210. The molecule has 0 saturated carbocycles. The van der Waals surface area contributed by atoms with Crippen LogP contribution in [-0.2, 0) is 4.74 Å². The van der Waals surface area contributed by atoms with E-state index < -0.39 is 11.1 Å². The third-order valence-corrected chi connectivity index (χ3v) is 4.77. The second-order valence-corrected chi connectivity index (χ2v) is 6.64. The molecule has 0 aromatic heterocycles. The number of hydrogen-bond donors (Lipinski definition) is 0. The molecule has 26 heavy (non-hydrogen) atoms. The van der Waals surface area contributed by atoms with Crippen LogP contribution in [0.3, 0.4) is 0 Å². The van der Waals surface area contributed by atoms with Crippen LogP contribution in [0.2, 0.25) is 0 Å². The fourth-order valence-corrected chi connectivity index (χ4v) is 3.17.